The van der Waals surface area contributed by atoms with E-state index in [-0.39, 0.29) is 0 Å². The molecule has 1 unspecified atom stereocenters. The topological polar surface area (TPSA) is 0 Å². The van der Waals surface area contributed by atoms with Crippen LogP contribution in [0.1, 0.15) is 36.9 Å². The van der Waals surface area contributed by atoms with Crippen LogP contribution >= 0.6 is 54.8 Å². The summed E-state index contributed by atoms with van der Waals surface area (Å²) in [5.74, 6) is 0. The minimum Gasteiger partial charge on any atom is -0.130 e. The Morgan fingerprint density at radius 3 is 2.43 bits per heavy atom. The Balaban J connectivity index is 2.75. The van der Waals surface area contributed by atoms with Gasteiger partial charge in [0.1, 0.15) is 0 Å². The highest BCUT2D eigenvalue weighted by molar-refractivity contribution is 9.11. The first kappa shape index (κ1) is 13.0. The van der Waals surface area contributed by atoms with Crippen LogP contribution in [0.2, 0.25) is 5.02 Å². The summed E-state index contributed by atoms with van der Waals surface area (Å²) in [6.07, 6.45) is 1.11. The molecule has 0 bridgehead atoms. The monoisotopic (exact) mass is 358 g/mol. The molecule has 1 heterocycles. The van der Waals surface area contributed by atoms with Gasteiger partial charge in [0.25, 0.3) is 0 Å². The zero-order valence-corrected chi connectivity index (χ0v) is 13.1. The van der Waals surface area contributed by atoms with Crippen LogP contribution in [-0.4, -0.2) is 0 Å². The fourth-order valence-corrected chi connectivity index (χ4v) is 4.26. The zero-order valence-electron chi connectivity index (χ0n) is 8.40. The first-order valence-corrected chi connectivity index (χ1v) is 7.29. The van der Waals surface area contributed by atoms with Gasteiger partial charge in [-0.1, -0.05) is 48.3 Å². The Hall–Kier alpha value is 0.950. The molecular weight excluding hydrogens is 347 g/mol. The summed E-state index contributed by atoms with van der Waals surface area (Å²) >= 11 is 14.8. The average molecular weight is 361 g/mol. The van der Waals surface area contributed by atoms with Gasteiger partial charge in [-0.05, 0) is 33.8 Å². The molecule has 80 valence electrons. The molecule has 0 fully saturated rings. The Morgan fingerprint density at radius 1 is 1.50 bits per heavy atom. The maximum atomic E-state index is 5.99. The first-order valence-electron chi connectivity index (χ1n) is 4.38. The van der Waals surface area contributed by atoms with Gasteiger partial charge in [0.05, 0.1) is 8.81 Å². The van der Waals surface area contributed by atoms with E-state index < -0.39 is 0 Å². The number of halogens is 3. The van der Waals surface area contributed by atoms with E-state index >= 15 is 0 Å². The number of hydrogen-bond donors (Lipinski definition) is 0. The van der Waals surface area contributed by atoms with E-state index in [1.165, 1.54) is 4.88 Å². The molecule has 0 nitrogen and oxygen atoms in total. The van der Waals surface area contributed by atoms with Gasteiger partial charge in [0.15, 0.2) is 0 Å². The fourth-order valence-electron chi connectivity index (χ4n) is 1.16. The zero-order chi connectivity index (χ0) is 10.9. The normalized spacial score (nSPS) is 14.4. The first-order chi connectivity index (χ1) is 6.29. The van der Waals surface area contributed by atoms with Gasteiger partial charge in [-0.2, -0.15) is 0 Å². The predicted molar refractivity (Wildman–Crippen MR) is 72.8 cm³/mol. The third-order valence-corrected chi connectivity index (χ3v) is 5.47. The summed E-state index contributed by atoms with van der Waals surface area (Å²) < 4.78 is 1.02. The van der Waals surface area contributed by atoms with Gasteiger partial charge in [-0.15, -0.1) is 11.3 Å². The lowest BCUT2D eigenvalue weighted by Gasteiger charge is -2.21. The van der Waals surface area contributed by atoms with Crippen molar-refractivity contribution >= 4 is 54.8 Å². The van der Waals surface area contributed by atoms with Gasteiger partial charge in [-0.3, -0.25) is 0 Å². The Labute approximate surface area is 111 Å². The van der Waals surface area contributed by atoms with E-state index in [1.807, 2.05) is 6.07 Å². The Morgan fingerprint density at radius 2 is 2.07 bits per heavy atom. The van der Waals surface area contributed by atoms with Crippen LogP contribution < -0.4 is 0 Å². The molecule has 0 N–H and O–H groups in total. The SMILES string of the molecule is CC(C)(C)CC(Br)c1cc(Cl)c(Br)s1. The molecular formula is C10H13Br2ClS. The van der Waals surface area contributed by atoms with Gasteiger partial charge in [0.2, 0.25) is 0 Å². The molecule has 0 aliphatic rings. The quantitative estimate of drug-likeness (QED) is 0.564. The van der Waals surface area contributed by atoms with Crippen molar-refractivity contribution in [2.75, 3.05) is 0 Å². The van der Waals surface area contributed by atoms with Crippen molar-refractivity contribution in [3.8, 4) is 0 Å². The molecule has 0 aliphatic heterocycles. The smallest absolute Gasteiger partial charge is 0.0887 e. The highest BCUT2D eigenvalue weighted by Gasteiger charge is 2.20. The summed E-state index contributed by atoms with van der Waals surface area (Å²) in [6.45, 7) is 6.72. The molecule has 1 atom stereocenters. The van der Waals surface area contributed by atoms with E-state index in [1.54, 1.807) is 11.3 Å². The summed E-state index contributed by atoms with van der Waals surface area (Å²) in [6, 6.07) is 2.03. The van der Waals surface area contributed by atoms with E-state index in [0.717, 1.165) is 15.2 Å². The number of rotatable bonds is 2. The standard InChI is InChI=1S/C10H13Br2ClS/c1-10(2,3)5-6(11)8-4-7(13)9(12)14-8/h4,6H,5H2,1-3H3. The highest BCUT2D eigenvalue weighted by atomic mass is 79.9. The highest BCUT2D eigenvalue weighted by Crippen LogP contribution is 2.42. The summed E-state index contributed by atoms with van der Waals surface area (Å²) in [4.78, 5) is 1.69. The molecule has 0 radical (unpaired) electrons. The number of thiophene rings is 1. The van der Waals surface area contributed by atoms with Crippen LogP contribution in [0, 0.1) is 5.41 Å². The minimum atomic E-state index is 0.330. The summed E-state index contributed by atoms with van der Waals surface area (Å²) in [5, 5.41) is 0.809. The molecule has 1 aromatic rings. The molecule has 0 saturated carbocycles. The summed E-state index contributed by atoms with van der Waals surface area (Å²) in [7, 11) is 0. The van der Waals surface area contributed by atoms with Gasteiger partial charge >= 0.3 is 0 Å². The molecule has 1 aromatic heterocycles. The van der Waals surface area contributed by atoms with Gasteiger partial charge in [0, 0.05) is 9.70 Å². The number of alkyl halides is 1. The molecule has 14 heavy (non-hydrogen) atoms. The van der Waals surface area contributed by atoms with Crippen molar-refractivity contribution < 1.29 is 0 Å². The average Bonchev–Trinajstić information content (AvgIpc) is 2.28. The lowest BCUT2D eigenvalue weighted by molar-refractivity contribution is 0.378. The van der Waals surface area contributed by atoms with Gasteiger partial charge in [-0.25, -0.2) is 0 Å². The van der Waals surface area contributed by atoms with Crippen molar-refractivity contribution in [3.05, 3.63) is 19.8 Å². The van der Waals surface area contributed by atoms with Crippen LogP contribution in [0.3, 0.4) is 0 Å². The third kappa shape index (κ3) is 3.84. The molecule has 0 spiro atoms. The molecule has 1 rings (SSSR count). The van der Waals surface area contributed by atoms with Crippen LogP contribution in [0.4, 0.5) is 0 Å². The van der Waals surface area contributed by atoms with Crippen molar-refractivity contribution in [1.82, 2.24) is 0 Å². The minimum absolute atomic E-state index is 0.330. The predicted octanol–water partition coefficient (Wildman–Crippen LogP) is 6.04. The van der Waals surface area contributed by atoms with E-state index in [0.29, 0.717) is 10.2 Å². The van der Waals surface area contributed by atoms with Crippen LogP contribution in [0.25, 0.3) is 0 Å². The van der Waals surface area contributed by atoms with Crippen LogP contribution in [0.15, 0.2) is 9.85 Å². The third-order valence-electron chi connectivity index (χ3n) is 1.76. The second-order valence-electron chi connectivity index (χ2n) is 4.50. The lowest BCUT2D eigenvalue weighted by Crippen LogP contribution is -2.07. The van der Waals surface area contributed by atoms with E-state index in [2.05, 4.69) is 52.6 Å². The maximum Gasteiger partial charge on any atom is 0.0887 e. The maximum absolute atomic E-state index is 5.99. The van der Waals surface area contributed by atoms with Crippen molar-refractivity contribution in [2.24, 2.45) is 5.41 Å². The molecule has 4 heteroatoms. The molecule has 0 aromatic carbocycles. The van der Waals surface area contributed by atoms with E-state index in [9.17, 15) is 0 Å². The van der Waals surface area contributed by atoms with Crippen molar-refractivity contribution in [3.63, 3.8) is 0 Å². The van der Waals surface area contributed by atoms with Crippen LogP contribution in [0.5, 0.6) is 0 Å². The summed E-state index contributed by atoms with van der Waals surface area (Å²) in [5.41, 5.74) is 0.330. The van der Waals surface area contributed by atoms with Crippen molar-refractivity contribution in [2.45, 2.75) is 32.0 Å². The molecule has 0 aliphatic carbocycles. The van der Waals surface area contributed by atoms with Crippen molar-refractivity contribution in [1.29, 1.82) is 0 Å². The fraction of sp³-hybridized carbons (Fsp3) is 0.600. The largest absolute Gasteiger partial charge is 0.130 e. The Kier molecular flexibility index (Phi) is 4.51. The van der Waals surface area contributed by atoms with Gasteiger partial charge < -0.3 is 0 Å². The van der Waals surface area contributed by atoms with E-state index in [4.69, 9.17) is 11.6 Å². The second kappa shape index (κ2) is 4.86. The number of hydrogen-bond acceptors (Lipinski definition) is 1. The van der Waals surface area contributed by atoms with Crippen LogP contribution in [-0.2, 0) is 0 Å². The Bertz CT molecular complexity index is 295. The lowest BCUT2D eigenvalue weighted by atomic mass is 9.90. The molecule has 0 amide bonds. The second-order valence-corrected chi connectivity index (χ2v) is 8.42. The molecule has 0 saturated heterocycles.